The smallest absolute Gasteiger partial charge is 0.407 e. The van der Waals surface area contributed by atoms with Crippen LogP contribution in [0, 0.1) is 5.92 Å². The number of amides is 1. The van der Waals surface area contributed by atoms with Crippen LogP contribution in [-0.4, -0.2) is 70.5 Å². The lowest BCUT2D eigenvalue weighted by atomic mass is 10.0. The van der Waals surface area contributed by atoms with Crippen molar-refractivity contribution in [1.82, 2.24) is 30.3 Å². The SMILES string of the molecule is CCc1nncn1CCNC(=NC)N(C)CCC(NC(=O)OC(C)(C)C)C(C)C. The van der Waals surface area contributed by atoms with Gasteiger partial charge >= 0.3 is 6.09 Å². The molecule has 1 rings (SSSR count). The van der Waals surface area contributed by atoms with Gasteiger partial charge in [0.25, 0.3) is 0 Å². The zero-order chi connectivity index (χ0) is 22.0. The van der Waals surface area contributed by atoms with E-state index in [2.05, 4.69) is 51.5 Å². The molecule has 0 bridgehead atoms. The van der Waals surface area contributed by atoms with Gasteiger partial charge in [0.15, 0.2) is 5.96 Å². The summed E-state index contributed by atoms with van der Waals surface area (Å²) in [5.41, 5.74) is -0.503. The number of nitrogens with zero attached hydrogens (tertiary/aromatic N) is 5. The maximum absolute atomic E-state index is 12.1. The van der Waals surface area contributed by atoms with Gasteiger partial charge in [-0.3, -0.25) is 4.99 Å². The lowest BCUT2D eigenvalue weighted by Crippen LogP contribution is -2.45. The third kappa shape index (κ3) is 9.15. The van der Waals surface area contributed by atoms with E-state index in [9.17, 15) is 4.79 Å². The number of alkyl carbamates (subject to hydrolysis) is 1. The molecule has 0 saturated carbocycles. The van der Waals surface area contributed by atoms with Gasteiger partial charge in [-0.2, -0.15) is 0 Å². The van der Waals surface area contributed by atoms with Gasteiger partial charge in [0.05, 0.1) is 0 Å². The Morgan fingerprint density at radius 1 is 1.38 bits per heavy atom. The Kier molecular flexibility index (Phi) is 9.91. The Hall–Kier alpha value is -2.32. The molecule has 0 fully saturated rings. The summed E-state index contributed by atoms with van der Waals surface area (Å²) in [7, 11) is 3.77. The second-order valence-corrected chi connectivity index (χ2v) is 8.48. The van der Waals surface area contributed by atoms with E-state index in [1.807, 2.05) is 32.4 Å². The number of aryl methyl sites for hydroxylation is 1. The highest BCUT2D eigenvalue weighted by molar-refractivity contribution is 5.79. The van der Waals surface area contributed by atoms with Crippen LogP contribution in [0.25, 0.3) is 0 Å². The Labute approximate surface area is 175 Å². The Balaban J connectivity index is 2.50. The van der Waals surface area contributed by atoms with E-state index in [4.69, 9.17) is 4.74 Å². The van der Waals surface area contributed by atoms with Crippen LogP contribution in [0.3, 0.4) is 0 Å². The minimum Gasteiger partial charge on any atom is -0.444 e. The van der Waals surface area contributed by atoms with E-state index < -0.39 is 5.60 Å². The molecule has 1 unspecified atom stereocenters. The minimum atomic E-state index is -0.503. The maximum atomic E-state index is 12.1. The fourth-order valence-electron chi connectivity index (χ4n) is 2.88. The summed E-state index contributed by atoms with van der Waals surface area (Å²) in [5.74, 6) is 2.09. The predicted molar refractivity (Wildman–Crippen MR) is 116 cm³/mol. The van der Waals surface area contributed by atoms with E-state index in [1.54, 1.807) is 13.4 Å². The van der Waals surface area contributed by atoms with E-state index in [1.165, 1.54) is 0 Å². The van der Waals surface area contributed by atoms with Gasteiger partial charge in [-0.25, -0.2) is 4.79 Å². The summed E-state index contributed by atoms with van der Waals surface area (Å²) in [6, 6.07) is 0.0227. The standard InChI is InChI=1S/C20H39N7O2/c1-9-17-25-23-14-27(17)13-11-22-18(21-7)26(8)12-10-16(15(2)3)24-19(28)29-20(4,5)6/h14-16H,9-13H2,1-8H3,(H,21,22)(H,24,28). The number of carbonyl (C=O) groups is 1. The molecular formula is C20H39N7O2. The molecule has 29 heavy (non-hydrogen) atoms. The number of hydrogen-bond donors (Lipinski definition) is 2. The third-order valence-corrected chi connectivity index (χ3v) is 4.50. The van der Waals surface area contributed by atoms with Gasteiger partial charge in [-0.1, -0.05) is 20.8 Å². The van der Waals surface area contributed by atoms with Gasteiger partial charge in [-0.15, -0.1) is 10.2 Å². The molecule has 0 radical (unpaired) electrons. The molecule has 9 heteroatoms. The fourth-order valence-corrected chi connectivity index (χ4v) is 2.88. The van der Waals surface area contributed by atoms with Gasteiger partial charge in [0.2, 0.25) is 0 Å². The number of ether oxygens (including phenoxy) is 1. The highest BCUT2D eigenvalue weighted by Crippen LogP contribution is 2.11. The largest absolute Gasteiger partial charge is 0.444 e. The molecule has 0 aliphatic carbocycles. The van der Waals surface area contributed by atoms with Gasteiger partial charge in [0, 0.05) is 46.2 Å². The van der Waals surface area contributed by atoms with Crippen LogP contribution in [0.2, 0.25) is 0 Å². The Bertz CT molecular complexity index is 650. The summed E-state index contributed by atoms with van der Waals surface area (Å²) in [4.78, 5) is 18.5. The molecule has 2 N–H and O–H groups in total. The second-order valence-electron chi connectivity index (χ2n) is 8.48. The summed E-state index contributed by atoms with van der Waals surface area (Å²) in [6.45, 7) is 14.1. The van der Waals surface area contributed by atoms with Crippen LogP contribution < -0.4 is 10.6 Å². The van der Waals surface area contributed by atoms with Crippen LogP contribution in [0.15, 0.2) is 11.3 Å². The first kappa shape index (κ1) is 24.7. The third-order valence-electron chi connectivity index (χ3n) is 4.50. The molecule has 1 aromatic heterocycles. The highest BCUT2D eigenvalue weighted by Gasteiger charge is 2.22. The average Bonchev–Trinajstić information content (AvgIpc) is 3.07. The van der Waals surface area contributed by atoms with Crippen molar-refractivity contribution >= 4 is 12.1 Å². The molecule has 1 heterocycles. The van der Waals surface area contributed by atoms with Crippen molar-refractivity contribution in [2.45, 2.75) is 72.6 Å². The Morgan fingerprint density at radius 2 is 2.07 bits per heavy atom. The van der Waals surface area contributed by atoms with Gasteiger partial charge in [0.1, 0.15) is 17.8 Å². The summed E-state index contributed by atoms with van der Waals surface area (Å²) in [6.07, 6.45) is 3.03. The number of carbonyl (C=O) groups excluding carboxylic acids is 1. The summed E-state index contributed by atoms with van der Waals surface area (Å²) in [5, 5.41) is 14.4. The molecular weight excluding hydrogens is 370 g/mol. The first-order valence-corrected chi connectivity index (χ1v) is 10.3. The molecule has 166 valence electrons. The van der Waals surface area contributed by atoms with Crippen LogP contribution in [0.5, 0.6) is 0 Å². The predicted octanol–water partition coefficient (Wildman–Crippen LogP) is 2.29. The van der Waals surface area contributed by atoms with Crippen molar-refractivity contribution in [3.63, 3.8) is 0 Å². The first-order valence-electron chi connectivity index (χ1n) is 10.3. The zero-order valence-corrected chi connectivity index (χ0v) is 19.3. The van der Waals surface area contributed by atoms with E-state index in [0.717, 1.165) is 44.3 Å². The van der Waals surface area contributed by atoms with Crippen molar-refractivity contribution in [3.8, 4) is 0 Å². The van der Waals surface area contributed by atoms with Gasteiger partial charge in [-0.05, 0) is 33.1 Å². The number of guanidine groups is 1. The number of hydrogen-bond acceptors (Lipinski definition) is 5. The quantitative estimate of drug-likeness (QED) is 0.480. The lowest BCUT2D eigenvalue weighted by molar-refractivity contribution is 0.0486. The fraction of sp³-hybridized carbons (Fsp3) is 0.800. The number of aromatic nitrogens is 3. The maximum Gasteiger partial charge on any atom is 0.407 e. The van der Waals surface area contributed by atoms with Crippen molar-refractivity contribution in [2.24, 2.45) is 10.9 Å². The molecule has 0 saturated heterocycles. The first-order chi connectivity index (χ1) is 13.6. The normalized spacial score (nSPS) is 13.3. The van der Waals surface area contributed by atoms with Crippen molar-refractivity contribution in [3.05, 3.63) is 12.2 Å². The molecule has 1 aromatic rings. The lowest BCUT2D eigenvalue weighted by Gasteiger charge is -2.28. The van der Waals surface area contributed by atoms with Crippen molar-refractivity contribution in [1.29, 1.82) is 0 Å². The molecule has 0 aliphatic rings. The molecule has 0 spiro atoms. The van der Waals surface area contributed by atoms with E-state index >= 15 is 0 Å². The van der Waals surface area contributed by atoms with Crippen LogP contribution >= 0.6 is 0 Å². The number of rotatable bonds is 9. The van der Waals surface area contributed by atoms with Gasteiger partial charge < -0.3 is 24.8 Å². The summed E-state index contributed by atoms with van der Waals surface area (Å²) >= 11 is 0. The molecule has 9 nitrogen and oxygen atoms in total. The summed E-state index contributed by atoms with van der Waals surface area (Å²) < 4.78 is 7.43. The van der Waals surface area contributed by atoms with Crippen LogP contribution in [0.4, 0.5) is 4.79 Å². The molecule has 1 amide bonds. The topological polar surface area (TPSA) is 96.7 Å². The molecule has 1 atom stereocenters. The average molecular weight is 410 g/mol. The van der Waals surface area contributed by atoms with Crippen LogP contribution in [-0.2, 0) is 17.7 Å². The monoisotopic (exact) mass is 409 g/mol. The van der Waals surface area contributed by atoms with Crippen molar-refractivity contribution in [2.75, 3.05) is 27.2 Å². The minimum absolute atomic E-state index is 0.0227. The van der Waals surface area contributed by atoms with Crippen molar-refractivity contribution < 1.29 is 9.53 Å². The zero-order valence-electron chi connectivity index (χ0n) is 19.3. The van der Waals surface area contributed by atoms with Crippen LogP contribution in [0.1, 0.15) is 53.8 Å². The second kappa shape index (κ2) is 11.6. The number of aliphatic imine (C=N–C) groups is 1. The van der Waals surface area contributed by atoms with E-state index in [-0.39, 0.29) is 12.1 Å². The highest BCUT2D eigenvalue weighted by atomic mass is 16.6. The molecule has 0 aromatic carbocycles. The molecule has 0 aliphatic heterocycles. The Morgan fingerprint density at radius 3 is 2.62 bits per heavy atom. The number of nitrogens with one attached hydrogen (secondary N) is 2. The van der Waals surface area contributed by atoms with E-state index in [0.29, 0.717) is 5.92 Å².